The normalized spacial score (nSPS) is 25.3. The summed E-state index contributed by atoms with van der Waals surface area (Å²) in [5, 5.41) is 9.35. The maximum Gasteiger partial charge on any atom is 0.190 e. The van der Waals surface area contributed by atoms with Crippen molar-refractivity contribution in [1.82, 2.24) is 20.4 Å². The van der Waals surface area contributed by atoms with E-state index in [0.29, 0.717) is 17.9 Å². The molecule has 5 nitrogen and oxygen atoms in total. The van der Waals surface area contributed by atoms with Crippen molar-refractivity contribution in [3.8, 4) is 0 Å². The molecule has 2 aliphatic rings. The summed E-state index contributed by atoms with van der Waals surface area (Å²) < 4.78 is 0. The summed E-state index contributed by atoms with van der Waals surface area (Å²) in [6, 6.07) is 4.99. The van der Waals surface area contributed by atoms with E-state index in [-0.39, 0.29) is 24.0 Å². The molecule has 0 amide bonds. The highest BCUT2D eigenvalue weighted by Crippen LogP contribution is 2.36. The van der Waals surface area contributed by atoms with Crippen LogP contribution in [0.3, 0.4) is 0 Å². The molecule has 0 aliphatic carbocycles. The molecule has 0 spiro atoms. The first-order chi connectivity index (χ1) is 13.2. The molecule has 7 heteroatoms. The van der Waals surface area contributed by atoms with Gasteiger partial charge < -0.3 is 15.5 Å². The Labute approximate surface area is 192 Å². The van der Waals surface area contributed by atoms with E-state index in [1.54, 1.807) is 0 Å². The molecule has 2 N–H and O–H groups in total. The third-order valence-corrected chi connectivity index (χ3v) is 6.93. The van der Waals surface area contributed by atoms with Gasteiger partial charge in [0.05, 0.1) is 0 Å². The van der Waals surface area contributed by atoms with Crippen LogP contribution in [0.15, 0.2) is 22.5 Å². The minimum atomic E-state index is 0. The molecule has 1 aromatic rings. The molecule has 2 fully saturated rings. The van der Waals surface area contributed by atoms with Crippen LogP contribution in [0.1, 0.15) is 43.5 Å². The predicted octanol–water partition coefficient (Wildman–Crippen LogP) is 3.65. The Morgan fingerprint density at radius 1 is 1.25 bits per heavy atom. The fraction of sp³-hybridized carbons (Fsp3) is 0.762. The summed E-state index contributed by atoms with van der Waals surface area (Å²) in [6.45, 7) is 9.23. The minimum absolute atomic E-state index is 0. The van der Waals surface area contributed by atoms with Crippen LogP contribution in [-0.2, 0) is 0 Å². The van der Waals surface area contributed by atoms with Crippen LogP contribution < -0.4 is 10.6 Å². The Bertz CT molecular complexity index is 573. The van der Waals surface area contributed by atoms with E-state index in [1.807, 2.05) is 18.4 Å². The first-order valence-corrected chi connectivity index (χ1v) is 11.5. The number of nitrogens with zero attached hydrogens (tertiary/aromatic N) is 3. The van der Waals surface area contributed by atoms with E-state index in [1.165, 1.54) is 56.7 Å². The van der Waals surface area contributed by atoms with E-state index in [9.17, 15) is 0 Å². The van der Waals surface area contributed by atoms with Crippen molar-refractivity contribution in [3.05, 3.63) is 22.4 Å². The van der Waals surface area contributed by atoms with Crippen molar-refractivity contribution in [2.24, 2.45) is 16.8 Å². The monoisotopic (exact) mass is 519 g/mol. The molecule has 0 radical (unpaired) electrons. The highest BCUT2D eigenvalue weighted by molar-refractivity contribution is 14.0. The summed E-state index contributed by atoms with van der Waals surface area (Å²) in [4.78, 5) is 11.1. The smallest absolute Gasteiger partial charge is 0.190 e. The molecule has 3 atom stereocenters. The van der Waals surface area contributed by atoms with Crippen LogP contribution in [0.5, 0.6) is 0 Å². The van der Waals surface area contributed by atoms with Crippen LogP contribution >= 0.6 is 35.3 Å². The quantitative estimate of drug-likeness (QED) is 0.328. The molecule has 2 saturated heterocycles. The van der Waals surface area contributed by atoms with Gasteiger partial charge in [0.25, 0.3) is 0 Å². The van der Waals surface area contributed by atoms with Crippen molar-refractivity contribution < 1.29 is 0 Å². The Morgan fingerprint density at radius 2 is 2.04 bits per heavy atom. The first-order valence-electron chi connectivity index (χ1n) is 10.6. The first kappa shape index (κ1) is 23.9. The Morgan fingerprint density at radius 3 is 2.71 bits per heavy atom. The molecule has 2 aliphatic heterocycles. The molecule has 0 bridgehead atoms. The van der Waals surface area contributed by atoms with Crippen LogP contribution in [0.4, 0.5) is 0 Å². The molecular weight excluding hydrogens is 481 g/mol. The van der Waals surface area contributed by atoms with Gasteiger partial charge in [-0.1, -0.05) is 13.0 Å². The number of rotatable bonds is 7. The lowest BCUT2D eigenvalue weighted by atomic mass is 9.88. The van der Waals surface area contributed by atoms with Gasteiger partial charge >= 0.3 is 0 Å². The van der Waals surface area contributed by atoms with Gasteiger partial charge in [-0.2, -0.15) is 0 Å². The molecule has 0 saturated carbocycles. The number of aliphatic imine (C=N–C) groups is 1. The average Bonchev–Trinajstić information content (AvgIpc) is 3.36. The number of likely N-dealkylation sites (tertiary alicyclic amines) is 2. The number of hydrogen-bond donors (Lipinski definition) is 2. The fourth-order valence-corrected chi connectivity index (χ4v) is 5.56. The third kappa shape index (κ3) is 6.85. The zero-order chi connectivity index (χ0) is 19.1. The molecule has 3 unspecified atom stereocenters. The summed E-state index contributed by atoms with van der Waals surface area (Å²) >= 11 is 1.89. The molecule has 1 aromatic heterocycles. The van der Waals surface area contributed by atoms with Gasteiger partial charge in [0.2, 0.25) is 0 Å². The van der Waals surface area contributed by atoms with Gasteiger partial charge in [-0.3, -0.25) is 9.89 Å². The number of thiophene rings is 1. The van der Waals surface area contributed by atoms with Crippen molar-refractivity contribution >= 4 is 41.3 Å². The largest absolute Gasteiger partial charge is 0.356 e. The van der Waals surface area contributed by atoms with Gasteiger partial charge in [0.15, 0.2) is 5.96 Å². The van der Waals surface area contributed by atoms with E-state index < -0.39 is 0 Å². The minimum Gasteiger partial charge on any atom is -0.356 e. The topological polar surface area (TPSA) is 42.9 Å². The fourth-order valence-electron chi connectivity index (χ4n) is 4.57. The number of halogens is 1. The molecular formula is C21H38IN5S. The molecule has 0 aromatic carbocycles. The highest BCUT2D eigenvalue weighted by Gasteiger charge is 2.31. The van der Waals surface area contributed by atoms with Crippen LogP contribution in [0.25, 0.3) is 0 Å². The second kappa shape index (κ2) is 12.3. The summed E-state index contributed by atoms with van der Waals surface area (Å²) in [7, 11) is 4.15. The summed E-state index contributed by atoms with van der Waals surface area (Å²) in [5.41, 5.74) is 0. The summed E-state index contributed by atoms with van der Waals surface area (Å²) in [5.74, 6) is 2.21. The van der Waals surface area contributed by atoms with Crippen LogP contribution in [0, 0.1) is 11.8 Å². The predicted molar refractivity (Wildman–Crippen MR) is 132 cm³/mol. The van der Waals surface area contributed by atoms with Gasteiger partial charge in [-0.15, -0.1) is 35.3 Å². The van der Waals surface area contributed by atoms with Crippen LogP contribution in [-0.4, -0.2) is 69.1 Å². The maximum absolute atomic E-state index is 4.45. The standard InChI is InChI=1S/C21H37N5S.HI/c1-17(16-26-11-4-5-12-26)14-23-21(22-2)24-15-18-8-6-10-25(3)20(18)19-9-7-13-27-19;/h7,9,13,17-18,20H,4-6,8,10-12,14-16H2,1-3H3,(H2,22,23,24);1H. The Hall–Kier alpha value is -0.380. The molecule has 3 heterocycles. The number of hydrogen-bond acceptors (Lipinski definition) is 4. The second-order valence-corrected chi connectivity index (χ2v) is 9.27. The van der Waals surface area contributed by atoms with E-state index in [2.05, 4.69) is 56.9 Å². The number of guanidine groups is 1. The van der Waals surface area contributed by atoms with Crippen molar-refractivity contribution in [3.63, 3.8) is 0 Å². The number of nitrogens with one attached hydrogen (secondary N) is 2. The second-order valence-electron chi connectivity index (χ2n) is 8.29. The van der Waals surface area contributed by atoms with Gasteiger partial charge in [-0.05, 0) is 75.6 Å². The average molecular weight is 520 g/mol. The van der Waals surface area contributed by atoms with Crippen molar-refractivity contribution in [2.75, 3.05) is 53.4 Å². The van der Waals surface area contributed by atoms with Gasteiger partial charge in [0, 0.05) is 37.6 Å². The van der Waals surface area contributed by atoms with Crippen molar-refractivity contribution in [1.29, 1.82) is 0 Å². The van der Waals surface area contributed by atoms with Crippen molar-refractivity contribution in [2.45, 2.75) is 38.6 Å². The zero-order valence-electron chi connectivity index (χ0n) is 17.7. The lowest BCUT2D eigenvalue weighted by molar-refractivity contribution is 0.125. The van der Waals surface area contributed by atoms with Gasteiger partial charge in [0.1, 0.15) is 0 Å². The van der Waals surface area contributed by atoms with E-state index in [0.717, 1.165) is 19.0 Å². The number of piperidine rings is 1. The third-order valence-electron chi connectivity index (χ3n) is 5.98. The Kier molecular flexibility index (Phi) is 10.5. The van der Waals surface area contributed by atoms with Crippen LogP contribution in [0.2, 0.25) is 0 Å². The maximum atomic E-state index is 4.45. The van der Waals surface area contributed by atoms with Gasteiger partial charge in [-0.25, -0.2) is 0 Å². The SMILES string of the molecule is CN=C(NCC(C)CN1CCCC1)NCC1CCCN(C)C1c1cccs1.I. The van der Waals surface area contributed by atoms with E-state index in [4.69, 9.17) is 0 Å². The zero-order valence-corrected chi connectivity index (χ0v) is 20.8. The highest BCUT2D eigenvalue weighted by atomic mass is 127. The Balaban J connectivity index is 0.00000280. The van der Waals surface area contributed by atoms with E-state index >= 15 is 0 Å². The molecule has 28 heavy (non-hydrogen) atoms. The molecule has 160 valence electrons. The molecule has 3 rings (SSSR count). The lowest BCUT2D eigenvalue weighted by Gasteiger charge is -2.39. The summed E-state index contributed by atoms with van der Waals surface area (Å²) in [6.07, 6.45) is 5.29. The lowest BCUT2D eigenvalue weighted by Crippen LogP contribution is -2.46.